The minimum absolute atomic E-state index is 0.281. The topological polar surface area (TPSA) is 86.6 Å². The van der Waals surface area contributed by atoms with Gasteiger partial charge in [0.05, 0.1) is 40.1 Å². The quantitative estimate of drug-likeness (QED) is 0.575. The Balaban J connectivity index is 1.78. The number of benzene rings is 3. The second-order valence-corrected chi connectivity index (χ2v) is 8.61. The van der Waals surface area contributed by atoms with Gasteiger partial charge in [-0.25, -0.2) is 0 Å². The number of hydrogen-bond donors (Lipinski definition) is 2. The Labute approximate surface area is 198 Å². The molecule has 1 saturated carbocycles. The lowest BCUT2D eigenvalue weighted by Crippen LogP contribution is -2.52. The SMILES string of the molecule is COc1ccc(C2CC(O)C3(O)c4c(OC)cc(OC)cc4OC23c2ccc(OC)cc2)cc1. The first-order valence-electron chi connectivity index (χ1n) is 11.1. The summed E-state index contributed by atoms with van der Waals surface area (Å²) in [7, 11) is 6.29. The predicted octanol–water partition coefficient (Wildman–Crippen LogP) is 3.74. The van der Waals surface area contributed by atoms with Crippen molar-refractivity contribution in [1.29, 1.82) is 0 Å². The van der Waals surface area contributed by atoms with Gasteiger partial charge in [0.2, 0.25) is 0 Å². The van der Waals surface area contributed by atoms with Gasteiger partial charge in [-0.2, -0.15) is 0 Å². The molecule has 4 unspecified atom stereocenters. The summed E-state index contributed by atoms with van der Waals surface area (Å²) in [6, 6.07) is 18.4. The molecule has 0 aromatic heterocycles. The molecular formula is C27H28O7. The zero-order valence-corrected chi connectivity index (χ0v) is 19.6. The molecule has 1 fully saturated rings. The van der Waals surface area contributed by atoms with Gasteiger partial charge in [0.1, 0.15) is 28.7 Å². The lowest BCUT2D eigenvalue weighted by atomic mass is 9.71. The van der Waals surface area contributed by atoms with Crippen LogP contribution in [0.4, 0.5) is 0 Å². The molecule has 2 N–H and O–H groups in total. The Morgan fingerprint density at radius 1 is 0.794 bits per heavy atom. The summed E-state index contributed by atoms with van der Waals surface area (Å²) in [5.41, 5.74) is -1.07. The Bertz CT molecular complexity index is 1190. The van der Waals surface area contributed by atoms with Crippen molar-refractivity contribution in [3.8, 4) is 28.7 Å². The van der Waals surface area contributed by atoms with Crippen LogP contribution in [-0.2, 0) is 11.2 Å². The lowest BCUT2D eigenvalue weighted by Gasteiger charge is -2.40. The Morgan fingerprint density at radius 2 is 1.38 bits per heavy atom. The van der Waals surface area contributed by atoms with Gasteiger partial charge in [-0.1, -0.05) is 24.3 Å². The molecule has 3 aromatic carbocycles. The number of aliphatic hydroxyl groups is 2. The van der Waals surface area contributed by atoms with E-state index in [1.165, 1.54) is 7.11 Å². The van der Waals surface area contributed by atoms with Gasteiger partial charge < -0.3 is 33.9 Å². The summed E-state index contributed by atoms with van der Waals surface area (Å²) in [4.78, 5) is 0. The highest BCUT2D eigenvalue weighted by Gasteiger charge is 2.73. The fraction of sp³-hybridized carbons (Fsp3) is 0.333. The molecule has 0 saturated heterocycles. The Morgan fingerprint density at radius 3 is 1.94 bits per heavy atom. The van der Waals surface area contributed by atoms with Crippen molar-refractivity contribution in [2.75, 3.05) is 28.4 Å². The maximum Gasteiger partial charge on any atom is 0.176 e. The van der Waals surface area contributed by atoms with Crippen molar-refractivity contribution >= 4 is 0 Å². The van der Waals surface area contributed by atoms with Crippen molar-refractivity contribution in [3.63, 3.8) is 0 Å². The van der Waals surface area contributed by atoms with E-state index >= 15 is 0 Å². The first-order chi connectivity index (χ1) is 16.4. The van der Waals surface area contributed by atoms with E-state index in [-0.39, 0.29) is 12.3 Å². The van der Waals surface area contributed by atoms with E-state index in [1.54, 1.807) is 33.5 Å². The fourth-order valence-corrected chi connectivity index (χ4v) is 5.57. The summed E-state index contributed by atoms with van der Waals surface area (Å²) in [5.74, 6) is 2.35. The largest absolute Gasteiger partial charge is 0.497 e. The monoisotopic (exact) mass is 464 g/mol. The smallest absolute Gasteiger partial charge is 0.176 e. The molecule has 34 heavy (non-hydrogen) atoms. The van der Waals surface area contributed by atoms with Crippen molar-refractivity contribution in [3.05, 3.63) is 77.4 Å². The van der Waals surface area contributed by atoms with Crippen LogP contribution in [0, 0.1) is 0 Å². The second kappa shape index (κ2) is 8.11. The van der Waals surface area contributed by atoms with Crippen LogP contribution in [-0.4, -0.2) is 44.8 Å². The summed E-state index contributed by atoms with van der Waals surface area (Å²) >= 11 is 0. The molecule has 7 heteroatoms. The number of hydrogen-bond acceptors (Lipinski definition) is 7. The molecule has 178 valence electrons. The van der Waals surface area contributed by atoms with Gasteiger partial charge >= 0.3 is 0 Å². The second-order valence-electron chi connectivity index (χ2n) is 8.61. The van der Waals surface area contributed by atoms with E-state index in [4.69, 9.17) is 23.7 Å². The molecule has 2 aliphatic rings. The van der Waals surface area contributed by atoms with E-state index in [0.29, 0.717) is 34.1 Å². The van der Waals surface area contributed by atoms with Gasteiger partial charge in [0.15, 0.2) is 11.2 Å². The molecule has 1 heterocycles. The number of fused-ring (bicyclic) bond motifs is 3. The van der Waals surface area contributed by atoms with Crippen LogP contribution in [0.2, 0.25) is 0 Å². The number of aliphatic hydroxyl groups excluding tert-OH is 1. The van der Waals surface area contributed by atoms with Crippen LogP contribution in [0.1, 0.15) is 29.0 Å². The molecular weight excluding hydrogens is 436 g/mol. The molecule has 1 aliphatic carbocycles. The summed E-state index contributed by atoms with van der Waals surface area (Å²) in [6.45, 7) is 0. The minimum Gasteiger partial charge on any atom is -0.497 e. The highest BCUT2D eigenvalue weighted by atomic mass is 16.5. The van der Waals surface area contributed by atoms with Gasteiger partial charge in [-0.05, 0) is 41.8 Å². The van der Waals surface area contributed by atoms with Crippen LogP contribution in [0.3, 0.4) is 0 Å². The third kappa shape index (κ3) is 2.90. The van der Waals surface area contributed by atoms with Crippen molar-refractivity contribution in [2.45, 2.75) is 29.6 Å². The highest BCUT2D eigenvalue weighted by Crippen LogP contribution is 2.68. The van der Waals surface area contributed by atoms with E-state index in [2.05, 4.69) is 0 Å². The van der Waals surface area contributed by atoms with Crippen LogP contribution >= 0.6 is 0 Å². The van der Waals surface area contributed by atoms with Crippen molar-refractivity contribution < 1.29 is 33.9 Å². The van der Waals surface area contributed by atoms with E-state index in [0.717, 1.165) is 11.3 Å². The maximum atomic E-state index is 12.4. The zero-order chi connectivity index (χ0) is 24.1. The molecule has 0 bridgehead atoms. The third-order valence-electron chi connectivity index (χ3n) is 7.18. The molecule has 1 aliphatic heterocycles. The van der Waals surface area contributed by atoms with E-state index in [9.17, 15) is 10.2 Å². The fourth-order valence-electron chi connectivity index (χ4n) is 5.57. The minimum atomic E-state index is -1.78. The van der Waals surface area contributed by atoms with Crippen molar-refractivity contribution in [1.82, 2.24) is 0 Å². The van der Waals surface area contributed by atoms with E-state index in [1.807, 2.05) is 48.5 Å². The molecule has 7 nitrogen and oxygen atoms in total. The number of ether oxygens (including phenoxy) is 5. The number of rotatable bonds is 6. The molecule has 3 aromatic rings. The first-order valence-corrected chi connectivity index (χ1v) is 11.1. The normalized spacial score (nSPS) is 26.9. The Kier molecular flexibility index (Phi) is 5.34. The molecule has 0 radical (unpaired) electrons. The maximum absolute atomic E-state index is 12.4. The Hall–Kier alpha value is -3.42. The zero-order valence-electron chi connectivity index (χ0n) is 19.6. The standard InChI is InChI=1S/C27H28O7/c1-30-18-9-5-16(6-10-18)21-15-24(28)26(29)25-22(33-4)13-20(32-3)14-23(25)34-27(21,26)17-7-11-19(31-2)12-8-17/h5-14,21,24,28-29H,15H2,1-4H3. The van der Waals surface area contributed by atoms with Gasteiger partial charge in [0, 0.05) is 18.1 Å². The van der Waals surface area contributed by atoms with Crippen LogP contribution in [0.15, 0.2) is 60.7 Å². The van der Waals surface area contributed by atoms with Crippen molar-refractivity contribution in [2.24, 2.45) is 0 Å². The summed E-state index contributed by atoms with van der Waals surface area (Å²) < 4.78 is 28.5. The van der Waals surface area contributed by atoms with Gasteiger partial charge in [-0.15, -0.1) is 0 Å². The van der Waals surface area contributed by atoms with E-state index < -0.39 is 17.3 Å². The summed E-state index contributed by atoms with van der Waals surface area (Å²) in [5, 5.41) is 23.9. The van der Waals surface area contributed by atoms with Crippen LogP contribution in [0.25, 0.3) is 0 Å². The van der Waals surface area contributed by atoms with Crippen LogP contribution < -0.4 is 23.7 Å². The number of methoxy groups -OCH3 is 4. The average Bonchev–Trinajstić information content (AvgIpc) is 3.28. The predicted molar refractivity (Wildman–Crippen MR) is 125 cm³/mol. The highest BCUT2D eigenvalue weighted by molar-refractivity contribution is 5.62. The van der Waals surface area contributed by atoms with Crippen LogP contribution in [0.5, 0.6) is 28.7 Å². The lowest BCUT2D eigenvalue weighted by molar-refractivity contribution is -0.150. The third-order valence-corrected chi connectivity index (χ3v) is 7.18. The molecule has 0 amide bonds. The van der Waals surface area contributed by atoms with Gasteiger partial charge in [-0.3, -0.25) is 0 Å². The molecule has 5 rings (SSSR count). The summed E-state index contributed by atoms with van der Waals surface area (Å²) in [6.07, 6.45) is -0.839. The average molecular weight is 465 g/mol. The van der Waals surface area contributed by atoms with Gasteiger partial charge in [0.25, 0.3) is 0 Å². The molecule has 4 atom stereocenters. The molecule has 0 spiro atoms. The first kappa shape index (κ1) is 22.4.